The van der Waals surface area contributed by atoms with E-state index in [0.717, 1.165) is 39.0 Å². The standard InChI is InChI=1S/C49H41NO/c1-49(2)42-25-9-6-19-36(42)37-30-29-34(31-43(37)49)50(45-27-14-24-41-39-21-8-11-28-46(39)51-48(41)45)44-26-10-7-20-38(44)40-23-13-18-33-17-12-22-35(47(33)40)32-15-4-3-5-16-32/h6-14,17-32H,3-5,15-16H2,1-2H3. The highest BCUT2D eigenvalue weighted by Gasteiger charge is 2.36. The number of para-hydroxylation sites is 3. The third-order valence-electron chi connectivity index (χ3n) is 11.9. The van der Waals surface area contributed by atoms with Crippen LogP contribution in [0.3, 0.4) is 0 Å². The van der Waals surface area contributed by atoms with Gasteiger partial charge in [-0.3, -0.25) is 0 Å². The predicted molar refractivity (Wildman–Crippen MR) is 215 cm³/mol. The Kier molecular flexibility index (Phi) is 6.96. The summed E-state index contributed by atoms with van der Waals surface area (Å²) in [4.78, 5) is 2.46. The molecule has 8 aromatic rings. The van der Waals surface area contributed by atoms with Crippen molar-refractivity contribution < 1.29 is 4.42 Å². The van der Waals surface area contributed by atoms with Gasteiger partial charge < -0.3 is 9.32 Å². The van der Waals surface area contributed by atoms with Crippen LogP contribution in [0.15, 0.2) is 150 Å². The Bertz CT molecular complexity index is 2610. The summed E-state index contributed by atoms with van der Waals surface area (Å²) in [5.74, 6) is 0.594. The molecule has 10 rings (SSSR count). The molecular formula is C49H41NO. The van der Waals surface area contributed by atoms with Gasteiger partial charge in [0.2, 0.25) is 0 Å². The van der Waals surface area contributed by atoms with Crippen LogP contribution in [0.25, 0.3) is 55.0 Å². The van der Waals surface area contributed by atoms with Crippen molar-refractivity contribution in [2.45, 2.75) is 57.3 Å². The number of fused-ring (bicyclic) bond motifs is 7. The smallest absolute Gasteiger partial charge is 0.159 e. The quantitative estimate of drug-likeness (QED) is 0.183. The first-order chi connectivity index (χ1) is 25.1. The van der Waals surface area contributed by atoms with Crippen LogP contribution >= 0.6 is 0 Å². The minimum Gasteiger partial charge on any atom is -0.454 e. The van der Waals surface area contributed by atoms with Crippen molar-refractivity contribution in [2.24, 2.45) is 0 Å². The van der Waals surface area contributed by atoms with E-state index in [4.69, 9.17) is 4.42 Å². The van der Waals surface area contributed by atoms with Crippen molar-refractivity contribution in [3.8, 4) is 22.3 Å². The molecule has 0 aliphatic heterocycles. The molecule has 0 spiro atoms. The lowest BCUT2D eigenvalue weighted by Gasteiger charge is -2.30. The molecule has 0 unspecified atom stereocenters. The molecule has 0 N–H and O–H groups in total. The van der Waals surface area contributed by atoms with E-state index in [2.05, 4.69) is 164 Å². The summed E-state index contributed by atoms with van der Waals surface area (Å²) < 4.78 is 6.76. The minimum absolute atomic E-state index is 0.122. The van der Waals surface area contributed by atoms with E-state index in [-0.39, 0.29) is 5.41 Å². The molecule has 1 fully saturated rings. The number of benzene rings is 7. The number of anilines is 3. The van der Waals surface area contributed by atoms with Crippen molar-refractivity contribution in [3.63, 3.8) is 0 Å². The monoisotopic (exact) mass is 659 g/mol. The summed E-state index contributed by atoms with van der Waals surface area (Å²) in [5, 5.41) is 4.98. The van der Waals surface area contributed by atoms with Gasteiger partial charge in [0.25, 0.3) is 0 Å². The normalized spacial score (nSPS) is 15.3. The van der Waals surface area contributed by atoms with Gasteiger partial charge in [0.1, 0.15) is 5.58 Å². The summed E-state index contributed by atoms with van der Waals surface area (Å²) >= 11 is 0. The summed E-state index contributed by atoms with van der Waals surface area (Å²) in [7, 11) is 0. The molecule has 248 valence electrons. The number of rotatable bonds is 5. The highest BCUT2D eigenvalue weighted by atomic mass is 16.3. The van der Waals surface area contributed by atoms with E-state index in [1.54, 1.807) is 0 Å². The Labute approximate surface area is 300 Å². The molecule has 2 heteroatoms. The highest BCUT2D eigenvalue weighted by molar-refractivity contribution is 6.11. The molecule has 1 saturated carbocycles. The first-order valence-electron chi connectivity index (χ1n) is 18.6. The van der Waals surface area contributed by atoms with Crippen LogP contribution in [0, 0.1) is 0 Å². The SMILES string of the molecule is CC1(C)c2ccccc2-c2ccc(N(c3ccccc3-c3cccc4cccc(C5CCCCC5)c34)c3cccc4c3oc3ccccc34)cc21. The van der Waals surface area contributed by atoms with Crippen molar-refractivity contribution in [1.82, 2.24) is 0 Å². The fraction of sp³-hybridized carbons (Fsp3) is 0.184. The molecule has 7 aromatic carbocycles. The molecule has 0 atom stereocenters. The van der Waals surface area contributed by atoms with E-state index in [1.807, 2.05) is 0 Å². The van der Waals surface area contributed by atoms with Gasteiger partial charge in [0.05, 0.1) is 11.4 Å². The van der Waals surface area contributed by atoms with Gasteiger partial charge >= 0.3 is 0 Å². The average Bonchev–Trinajstić information content (AvgIpc) is 3.68. The van der Waals surface area contributed by atoms with Gasteiger partial charge in [-0.25, -0.2) is 0 Å². The van der Waals surface area contributed by atoms with Crippen LogP contribution in [-0.2, 0) is 5.41 Å². The van der Waals surface area contributed by atoms with Crippen LogP contribution < -0.4 is 4.90 Å². The molecule has 0 amide bonds. The topological polar surface area (TPSA) is 16.4 Å². The maximum Gasteiger partial charge on any atom is 0.159 e. The van der Waals surface area contributed by atoms with Crippen LogP contribution in [0.5, 0.6) is 0 Å². The molecule has 2 nitrogen and oxygen atoms in total. The van der Waals surface area contributed by atoms with Gasteiger partial charge in [0, 0.05) is 27.4 Å². The fourth-order valence-corrected chi connectivity index (χ4v) is 9.39. The lowest BCUT2D eigenvalue weighted by atomic mass is 9.80. The van der Waals surface area contributed by atoms with E-state index >= 15 is 0 Å². The Morgan fingerprint density at radius 1 is 0.549 bits per heavy atom. The van der Waals surface area contributed by atoms with Crippen LogP contribution in [0.4, 0.5) is 17.1 Å². The second-order valence-corrected chi connectivity index (χ2v) is 15.1. The third kappa shape index (κ3) is 4.69. The molecule has 1 heterocycles. The predicted octanol–water partition coefficient (Wildman–Crippen LogP) is 14.2. The van der Waals surface area contributed by atoms with Gasteiger partial charge in [0.15, 0.2) is 5.58 Å². The molecule has 2 aliphatic rings. The van der Waals surface area contributed by atoms with Crippen LogP contribution in [-0.4, -0.2) is 0 Å². The number of furan rings is 1. The van der Waals surface area contributed by atoms with Crippen LogP contribution in [0.1, 0.15) is 68.6 Å². The summed E-state index contributed by atoms with van der Waals surface area (Å²) in [5.41, 5.74) is 14.4. The maximum atomic E-state index is 6.76. The number of hydrogen-bond acceptors (Lipinski definition) is 2. The van der Waals surface area contributed by atoms with Crippen LogP contribution in [0.2, 0.25) is 0 Å². The van der Waals surface area contributed by atoms with E-state index in [9.17, 15) is 0 Å². The Balaban J connectivity index is 1.25. The van der Waals surface area contributed by atoms with Crippen molar-refractivity contribution in [1.29, 1.82) is 0 Å². The lowest BCUT2D eigenvalue weighted by molar-refractivity contribution is 0.445. The number of nitrogens with zero attached hydrogens (tertiary/aromatic N) is 1. The average molecular weight is 660 g/mol. The van der Waals surface area contributed by atoms with E-state index in [1.165, 1.54) is 81.8 Å². The van der Waals surface area contributed by atoms with E-state index < -0.39 is 0 Å². The second-order valence-electron chi connectivity index (χ2n) is 15.1. The third-order valence-corrected chi connectivity index (χ3v) is 11.9. The van der Waals surface area contributed by atoms with Gasteiger partial charge in [-0.2, -0.15) is 0 Å². The molecule has 51 heavy (non-hydrogen) atoms. The molecule has 1 aromatic heterocycles. The van der Waals surface area contributed by atoms with E-state index in [0.29, 0.717) is 5.92 Å². The molecule has 2 aliphatic carbocycles. The van der Waals surface area contributed by atoms with Gasteiger partial charge in [-0.15, -0.1) is 0 Å². The lowest BCUT2D eigenvalue weighted by Crippen LogP contribution is -2.17. The zero-order valence-electron chi connectivity index (χ0n) is 29.3. The zero-order valence-corrected chi connectivity index (χ0v) is 29.3. The van der Waals surface area contributed by atoms with Crippen molar-refractivity contribution in [2.75, 3.05) is 4.90 Å². The summed E-state index contributed by atoms with van der Waals surface area (Å²) in [6.45, 7) is 4.73. The fourth-order valence-electron chi connectivity index (χ4n) is 9.39. The summed E-state index contributed by atoms with van der Waals surface area (Å²) in [6.07, 6.45) is 6.51. The number of hydrogen-bond donors (Lipinski definition) is 0. The first kappa shape index (κ1) is 30.2. The Morgan fingerprint density at radius 3 is 2.10 bits per heavy atom. The molecular weight excluding hydrogens is 619 g/mol. The summed E-state index contributed by atoms with van der Waals surface area (Å²) in [6, 6.07) is 53.8. The Hall–Kier alpha value is -5.60. The highest BCUT2D eigenvalue weighted by Crippen LogP contribution is 2.52. The largest absolute Gasteiger partial charge is 0.454 e. The maximum absolute atomic E-state index is 6.76. The molecule has 0 radical (unpaired) electrons. The minimum atomic E-state index is -0.122. The zero-order chi connectivity index (χ0) is 34.1. The molecule has 0 bridgehead atoms. The second kappa shape index (κ2) is 11.7. The van der Waals surface area contributed by atoms with Crippen molar-refractivity contribution >= 4 is 49.8 Å². The Morgan fingerprint density at radius 2 is 1.22 bits per heavy atom. The van der Waals surface area contributed by atoms with Gasteiger partial charge in [-0.1, -0.05) is 148 Å². The van der Waals surface area contributed by atoms with Crippen molar-refractivity contribution in [3.05, 3.63) is 162 Å². The first-order valence-corrected chi connectivity index (χ1v) is 18.6. The molecule has 0 saturated heterocycles. The van der Waals surface area contributed by atoms with Gasteiger partial charge in [-0.05, 0) is 93.2 Å².